The van der Waals surface area contributed by atoms with Crippen molar-refractivity contribution >= 4 is 21.8 Å². The molecule has 0 unspecified atom stereocenters. The van der Waals surface area contributed by atoms with E-state index in [2.05, 4.69) is 44.8 Å². The van der Waals surface area contributed by atoms with Gasteiger partial charge in [-0.3, -0.25) is 4.79 Å². The van der Waals surface area contributed by atoms with Crippen LogP contribution in [0.3, 0.4) is 0 Å². The van der Waals surface area contributed by atoms with Gasteiger partial charge in [-0.1, -0.05) is 28.1 Å². The Balaban J connectivity index is 2.04. The van der Waals surface area contributed by atoms with Crippen LogP contribution in [0.25, 0.3) is 0 Å². The van der Waals surface area contributed by atoms with E-state index in [0.29, 0.717) is 12.6 Å². The van der Waals surface area contributed by atoms with Gasteiger partial charge in [0.2, 0.25) is 5.91 Å². The number of hydrogen-bond acceptors (Lipinski definition) is 2. The zero-order valence-corrected chi connectivity index (χ0v) is 13.3. The van der Waals surface area contributed by atoms with E-state index in [0.717, 1.165) is 12.8 Å². The highest BCUT2D eigenvalue weighted by molar-refractivity contribution is 9.10. The molecule has 1 aliphatic rings. The lowest BCUT2D eigenvalue weighted by molar-refractivity contribution is -0.128. The maximum Gasteiger partial charge on any atom is 0.226 e. The molecular weight excluding hydrogens is 304 g/mol. The Morgan fingerprint density at radius 2 is 2.21 bits per heavy atom. The van der Waals surface area contributed by atoms with Crippen LogP contribution in [0.15, 0.2) is 22.7 Å². The van der Waals surface area contributed by atoms with E-state index in [1.165, 1.54) is 15.6 Å². The Labute approximate surface area is 123 Å². The summed E-state index contributed by atoms with van der Waals surface area (Å²) in [5.41, 5.74) is 2.38. The van der Waals surface area contributed by atoms with Crippen LogP contribution in [-0.2, 0) is 11.2 Å². The SMILES string of the molecule is CNC(=O)C(C)(C)CN[C@H]1CCc2c(Br)cccc21. The Kier molecular flexibility index (Phi) is 4.31. The number of amides is 1. The van der Waals surface area contributed by atoms with Crippen molar-refractivity contribution in [3.8, 4) is 0 Å². The Bertz CT molecular complexity index is 485. The lowest BCUT2D eigenvalue weighted by atomic mass is 9.91. The largest absolute Gasteiger partial charge is 0.359 e. The summed E-state index contributed by atoms with van der Waals surface area (Å²) in [6, 6.07) is 6.71. The minimum atomic E-state index is -0.385. The van der Waals surface area contributed by atoms with Gasteiger partial charge in [0.25, 0.3) is 0 Å². The fraction of sp³-hybridized carbons (Fsp3) is 0.533. The van der Waals surface area contributed by atoms with Crippen molar-refractivity contribution in [3.05, 3.63) is 33.8 Å². The summed E-state index contributed by atoms with van der Waals surface area (Å²) in [5, 5.41) is 6.26. The molecule has 2 rings (SSSR count). The average Bonchev–Trinajstić information content (AvgIpc) is 2.80. The van der Waals surface area contributed by atoms with Gasteiger partial charge in [0.1, 0.15) is 0 Å². The molecule has 3 nitrogen and oxygen atoms in total. The topological polar surface area (TPSA) is 41.1 Å². The summed E-state index contributed by atoms with van der Waals surface area (Å²) in [7, 11) is 1.69. The molecule has 104 valence electrons. The van der Waals surface area contributed by atoms with Gasteiger partial charge in [-0.15, -0.1) is 0 Å². The molecule has 1 aromatic carbocycles. The second kappa shape index (κ2) is 5.63. The summed E-state index contributed by atoms with van der Waals surface area (Å²) < 4.78 is 1.19. The molecule has 0 radical (unpaired) electrons. The highest BCUT2D eigenvalue weighted by Gasteiger charge is 2.30. The molecule has 0 saturated heterocycles. The van der Waals surface area contributed by atoms with Crippen LogP contribution < -0.4 is 10.6 Å². The average molecular weight is 325 g/mol. The van der Waals surface area contributed by atoms with Gasteiger partial charge >= 0.3 is 0 Å². The summed E-state index contributed by atoms with van der Waals surface area (Å²) >= 11 is 3.61. The van der Waals surface area contributed by atoms with E-state index in [1.54, 1.807) is 7.05 Å². The molecule has 1 atom stereocenters. The quantitative estimate of drug-likeness (QED) is 0.894. The van der Waals surface area contributed by atoms with Crippen molar-refractivity contribution in [2.24, 2.45) is 5.41 Å². The van der Waals surface area contributed by atoms with Crippen molar-refractivity contribution < 1.29 is 4.79 Å². The van der Waals surface area contributed by atoms with Crippen LogP contribution in [-0.4, -0.2) is 19.5 Å². The van der Waals surface area contributed by atoms with Gasteiger partial charge in [0, 0.05) is 24.1 Å². The molecule has 0 spiro atoms. The van der Waals surface area contributed by atoms with Gasteiger partial charge in [0.05, 0.1) is 5.41 Å². The number of hydrogen-bond donors (Lipinski definition) is 2. The lowest BCUT2D eigenvalue weighted by Gasteiger charge is -2.25. The number of rotatable bonds is 4. The Morgan fingerprint density at radius 3 is 2.89 bits per heavy atom. The van der Waals surface area contributed by atoms with Crippen LogP contribution >= 0.6 is 15.9 Å². The van der Waals surface area contributed by atoms with Crippen molar-refractivity contribution in [1.29, 1.82) is 0 Å². The third-order valence-electron chi connectivity index (χ3n) is 3.85. The molecule has 0 heterocycles. The van der Waals surface area contributed by atoms with Crippen LogP contribution in [0.2, 0.25) is 0 Å². The van der Waals surface area contributed by atoms with Crippen molar-refractivity contribution in [3.63, 3.8) is 0 Å². The summed E-state index contributed by atoms with van der Waals surface area (Å²) in [6.45, 7) is 4.62. The second-order valence-corrected chi connectivity index (χ2v) is 6.60. The number of nitrogens with one attached hydrogen (secondary N) is 2. The highest BCUT2D eigenvalue weighted by atomic mass is 79.9. The number of halogens is 1. The van der Waals surface area contributed by atoms with Crippen molar-refractivity contribution in [2.45, 2.75) is 32.7 Å². The van der Waals surface area contributed by atoms with Crippen LogP contribution in [0.4, 0.5) is 0 Å². The Hall–Kier alpha value is -0.870. The molecular formula is C15H21BrN2O. The molecule has 0 saturated carbocycles. The first-order chi connectivity index (χ1) is 8.95. The van der Waals surface area contributed by atoms with E-state index >= 15 is 0 Å². The smallest absolute Gasteiger partial charge is 0.226 e. The van der Waals surface area contributed by atoms with Crippen LogP contribution in [0, 0.1) is 5.41 Å². The van der Waals surface area contributed by atoms with Crippen LogP contribution in [0.1, 0.15) is 37.4 Å². The Morgan fingerprint density at radius 1 is 1.47 bits per heavy atom. The van der Waals surface area contributed by atoms with E-state index in [-0.39, 0.29) is 11.3 Å². The number of carbonyl (C=O) groups excluding carboxylic acids is 1. The minimum absolute atomic E-state index is 0.0764. The molecule has 2 N–H and O–H groups in total. The van der Waals surface area contributed by atoms with Gasteiger partial charge < -0.3 is 10.6 Å². The molecule has 19 heavy (non-hydrogen) atoms. The number of carbonyl (C=O) groups is 1. The molecule has 0 fully saturated rings. The molecule has 0 aromatic heterocycles. The molecule has 0 bridgehead atoms. The third kappa shape index (κ3) is 3.00. The maximum absolute atomic E-state index is 11.8. The molecule has 1 aliphatic carbocycles. The van der Waals surface area contributed by atoms with Gasteiger partial charge in [0.15, 0.2) is 0 Å². The van der Waals surface area contributed by atoms with Gasteiger partial charge in [-0.05, 0) is 43.9 Å². The normalized spacial score (nSPS) is 18.2. The molecule has 1 aromatic rings. The summed E-state index contributed by atoms with van der Waals surface area (Å²) in [6.07, 6.45) is 2.19. The van der Waals surface area contributed by atoms with E-state index in [1.807, 2.05) is 13.8 Å². The fourth-order valence-electron chi connectivity index (χ4n) is 2.62. The zero-order valence-electron chi connectivity index (χ0n) is 11.7. The highest BCUT2D eigenvalue weighted by Crippen LogP contribution is 2.35. The first-order valence-electron chi connectivity index (χ1n) is 6.68. The van der Waals surface area contributed by atoms with Gasteiger partial charge in [-0.2, -0.15) is 0 Å². The maximum atomic E-state index is 11.8. The molecule has 4 heteroatoms. The van der Waals surface area contributed by atoms with Gasteiger partial charge in [-0.25, -0.2) is 0 Å². The second-order valence-electron chi connectivity index (χ2n) is 5.74. The number of benzene rings is 1. The molecule has 1 amide bonds. The predicted molar refractivity (Wildman–Crippen MR) is 81.1 cm³/mol. The fourth-order valence-corrected chi connectivity index (χ4v) is 3.20. The third-order valence-corrected chi connectivity index (χ3v) is 4.59. The lowest BCUT2D eigenvalue weighted by Crippen LogP contribution is -2.42. The van der Waals surface area contributed by atoms with E-state index in [4.69, 9.17) is 0 Å². The monoisotopic (exact) mass is 324 g/mol. The van der Waals surface area contributed by atoms with Crippen LogP contribution in [0.5, 0.6) is 0 Å². The number of fused-ring (bicyclic) bond motifs is 1. The standard InChI is InChI=1S/C15H21BrN2O/c1-15(2,14(19)17-3)9-18-13-8-7-10-11(13)5-4-6-12(10)16/h4-6,13,18H,7-9H2,1-3H3,(H,17,19)/t13-/m0/s1. The van der Waals surface area contributed by atoms with Crippen molar-refractivity contribution in [1.82, 2.24) is 10.6 Å². The van der Waals surface area contributed by atoms with E-state index < -0.39 is 0 Å². The summed E-state index contributed by atoms with van der Waals surface area (Å²) in [5.74, 6) is 0.0764. The minimum Gasteiger partial charge on any atom is -0.359 e. The zero-order chi connectivity index (χ0) is 14.0. The van der Waals surface area contributed by atoms with E-state index in [9.17, 15) is 4.79 Å². The molecule has 0 aliphatic heterocycles. The predicted octanol–water partition coefficient (Wildman–Crippen LogP) is 2.80. The summed E-state index contributed by atoms with van der Waals surface area (Å²) in [4.78, 5) is 11.8. The first-order valence-corrected chi connectivity index (χ1v) is 7.48. The first kappa shape index (κ1) is 14.5. The van der Waals surface area contributed by atoms with Crippen molar-refractivity contribution in [2.75, 3.05) is 13.6 Å².